The van der Waals surface area contributed by atoms with Gasteiger partial charge in [-0.1, -0.05) is 55.8 Å². The van der Waals surface area contributed by atoms with Crippen LogP contribution >= 0.6 is 0 Å². The van der Waals surface area contributed by atoms with Crippen LogP contribution in [0.4, 0.5) is 10.5 Å². The summed E-state index contributed by atoms with van der Waals surface area (Å²) in [5.41, 5.74) is -0.0814. The highest BCUT2D eigenvalue weighted by molar-refractivity contribution is 6.11. The highest BCUT2D eigenvalue weighted by Gasteiger charge is 2.52. The SMILES string of the molecule is CCCC1(c2ccccc2)NC(=O)N(CC(=O)Nc2ccccc2C(=O)OCC)C1=O. The molecule has 162 valence electrons. The van der Waals surface area contributed by atoms with Crippen molar-refractivity contribution in [2.75, 3.05) is 18.5 Å². The van der Waals surface area contributed by atoms with Gasteiger partial charge in [0.1, 0.15) is 12.1 Å². The molecule has 3 rings (SSSR count). The quantitative estimate of drug-likeness (QED) is 0.502. The third kappa shape index (κ3) is 4.42. The molecule has 8 heteroatoms. The maximum absolute atomic E-state index is 13.3. The molecule has 1 heterocycles. The van der Waals surface area contributed by atoms with E-state index in [0.717, 1.165) is 4.90 Å². The minimum atomic E-state index is -1.20. The molecule has 8 nitrogen and oxygen atoms in total. The molecule has 1 aliphatic heterocycles. The zero-order valence-corrected chi connectivity index (χ0v) is 17.5. The van der Waals surface area contributed by atoms with Crippen molar-refractivity contribution < 1.29 is 23.9 Å². The first-order chi connectivity index (χ1) is 14.9. The molecule has 1 unspecified atom stereocenters. The van der Waals surface area contributed by atoms with Crippen molar-refractivity contribution in [3.8, 4) is 0 Å². The van der Waals surface area contributed by atoms with Gasteiger partial charge >= 0.3 is 12.0 Å². The molecular formula is C23H25N3O5. The number of imide groups is 1. The number of rotatable bonds is 8. The van der Waals surface area contributed by atoms with E-state index in [1.54, 1.807) is 49.4 Å². The maximum Gasteiger partial charge on any atom is 0.340 e. The smallest absolute Gasteiger partial charge is 0.340 e. The van der Waals surface area contributed by atoms with Gasteiger partial charge in [0.2, 0.25) is 5.91 Å². The van der Waals surface area contributed by atoms with Crippen molar-refractivity contribution in [1.29, 1.82) is 0 Å². The zero-order valence-electron chi connectivity index (χ0n) is 17.5. The number of anilines is 1. The minimum Gasteiger partial charge on any atom is -0.462 e. The standard InChI is InChI=1S/C23H25N3O5/c1-3-14-23(16-10-6-5-7-11-16)21(29)26(22(30)25-23)15-19(27)24-18-13-9-8-12-17(18)20(28)31-4-2/h5-13H,3-4,14-15H2,1-2H3,(H,24,27)(H,25,30). The molecule has 4 amide bonds. The van der Waals surface area contributed by atoms with Gasteiger partial charge in [-0.05, 0) is 31.0 Å². The number of carbonyl (C=O) groups is 4. The fraction of sp³-hybridized carbons (Fsp3) is 0.304. The lowest BCUT2D eigenvalue weighted by molar-refractivity contribution is -0.134. The van der Waals surface area contributed by atoms with Crippen molar-refractivity contribution in [3.05, 3.63) is 65.7 Å². The van der Waals surface area contributed by atoms with E-state index in [2.05, 4.69) is 10.6 Å². The summed E-state index contributed by atoms with van der Waals surface area (Å²) < 4.78 is 5.00. The first-order valence-corrected chi connectivity index (χ1v) is 10.2. The van der Waals surface area contributed by atoms with Gasteiger partial charge in [-0.3, -0.25) is 14.5 Å². The third-order valence-corrected chi connectivity index (χ3v) is 5.07. The summed E-state index contributed by atoms with van der Waals surface area (Å²) in [6, 6.07) is 14.8. The number of esters is 1. The van der Waals surface area contributed by atoms with Crippen LogP contribution in [0.3, 0.4) is 0 Å². The van der Waals surface area contributed by atoms with Gasteiger partial charge in [-0.2, -0.15) is 0 Å². The molecule has 2 aromatic rings. The van der Waals surface area contributed by atoms with Crippen LogP contribution < -0.4 is 10.6 Å². The highest BCUT2D eigenvalue weighted by atomic mass is 16.5. The Labute approximate surface area is 180 Å². The Morgan fingerprint density at radius 3 is 2.39 bits per heavy atom. The molecule has 0 radical (unpaired) electrons. The Balaban J connectivity index is 1.79. The number of benzene rings is 2. The first kappa shape index (κ1) is 22.0. The van der Waals surface area contributed by atoms with E-state index < -0.39 is 35.9 Å². The molecule has 2 N–H and O–H groups in total. The van der Waals surface area contributed by atoms with Gasteiger partial charge in [0, 0.05) is 0 Å². The van der Waals surface area contributed by atoms with Crippen molar-refractivity contribution >= 4 is 29.5 Å². The predicted molar refractivity (Wildman–Crippen MR) is 114 cm³/mol. The molecule has 1 aliphatic rings. The third-order valence-electron chi connectivity index (χ3n) is 5.07. The lowest BCUT2D eigenvalue weighted by atomic mass is 9.85. The van der Waals surface area contributed by atoms with Crippen LogP contribution in [0.5, 0.6) is 0 Å². The van der Waals surface area contributed by atoms with E-state index in [1.165, 1.54) is 6.07 Å². The highest BCUT2D eigenvalue weighted by Crippen LogP contribution is 2.33. The molecule has 1 saturated heterocycles. The van der Waals surface area contributed by atoms with Crippen LogP contribution in [0.25, 0.3) is 0 Å². The van der Waals surface area contributed by atoms with Gasteiger partial charge in [0.15, 0.2) is 0 Å². The summed E-state index contributed by atoms with van der Waals surface area (Å²) in [7, 11) is 0. The molecule has 31 heavy (non-hydrogen) atoms. The second kappa shape index (κ2) is 9.42. The van der Waals surface area contributed by atoms with E-state index in [9.17, 15) is 19.2 Å². The molecule has 0 aliphatic carbocycles. The minimum absolute atomic E-state index is 0.194. The number of carbonyl (C=O) groups excluding carboxylic acids is 4. The number of ether oxygens (including phenoxy) is 1. The largest absolute Gasteiger partial charge is 0.462 e. The second-order valence-electron chi connectivity index (χ2n) is 7.16. The predicted octanol–water partition coefficient (Wildman–Crippen LogP) is 3.05. The molecule has 0 aromatic heterocycles. The molecule has 2 aromatic carbocycles. The summed E-state index contributed by atoms with van der Waals surface area (Å²) in [5.74, 6) is -1.64. The van der Waals surface area contributed by atoms with Crippen LogP contribution in [0.1, 0.15) is 42.6 Å². The molecule has 1 atom stereocenters. The maximum atomic E-state index is 13.3. The number of amides is 4. The molecule has 0 spiro atoms. The summed E-state index contributed by atoms with van der Waals surface area (Å²) in [5, 5.41) is 5.39. The van der Waals surface area contributed by atoms with Crippen LogP contribution in [-0.4, -0.2) is 41.9 Å². The fourth-order valence-corrected chi connectivity index (χ4v) is 3.69. The Morgan fingerprint density at radius 1 is 1.03 bits per heavy atom. The first-order valence-electron chi connectivity index (χ1n) is 10.2. The Morgan fingerprint density at radius 2 is 1.71 bits per heavy atom. The van der Waals surface area contributed by atoms with Crippen molar-refractivity contribution in [3.63, 3.8) is 0 Å². The van der Waals surface area contributed by atoms with E-state index in [0.29, 0.717) is 18.4 Å². The number of hydrogen-bond donors (Lipinski definition) is 2. The van der Waals surface area contributed by atoms with Gasteiger partial charge < -0.3 is 15.4 Å². The molecule has 1 fully saturated rings. The van der Waals surface area contributed by atoms with E-state index in [-0.39, 0.29) is 17.9 Å². The van der Waals surface area contributed by atoms with Crippen molar-refractivity contribution in [2.45, 2.75) is 32.2 Å². The Hall–Kier alpha value is -3.68. The number of hydrogen-bond acceptors (Lipinski definition) is 5. The van der Waals surface area contributed by atoms with Crippen LogP contribution in [0.2, 0.25) is 0 Å². The van der Waals surface area contributed by atoms with E-state index in [1.807, 2.05) is 13.0 Å². The van der Waals surface area contributed by atoms with E-state index in [4.69, 9.17) is 4.74 Å². The van der Waals surface area contributed by atoms with Gasteiger partial charge in [-0.15, -0.1) is 0 Å². The lowest BCUT2D eigenvalue weighted by Gasteiger charge is -2.26. The van der Waals surface area contributed by atoms with Crippen LogP contribution in [0, 0.1) is 0 Å². The summed E-state index contributed by atoms with van der Waals surface area (Å²) in [6.07, 6.45) is 1.07. The van der Waals surface area contributed by atoms with Crippen LogP contribution in [-0.2, 0) is 19.9 Å². The summed E-state index contributed by atoms with van der Waals surface area (Å²) in [6.45, 7) is 3.33. The summed E-state index contributed by atoms with van der Waals surface area (Å²) in [4.78, 5) is 51.6. The fourth-order valence-electron chi connectivity index (χ4n) is 3.69. The zero-order chi connectivity index (χ0) is 22.4. The van der Waals surface area contributed by atoms with Crippen molar-refractivity contribution in [2.24, 2.45) is 0 Å². The average molecular weight is 423 g/mol. The molecule has 0 saturated carbocycles. The number of para-hydroxylation sites is 1. The molecular weight excluding hydrogens is 398 g/mol. The Kier molecular flexibility index (Phi) is 6.69. The number of nitrogens with zero attached hydrogens (tertiary/aromatic N) is 1. The van der Waals surface area contributed by atoms with Crippen molar-refractivity contribution in [1.82, 2.24) is 10.2 Å². The van der Waals surface area contributed by atoms with Gasteiger partial charge in [-0.25, -0.2) is 9.59 Å². The number of urea groups is 1. The number of nitrogens with one attached hydrogen (secondary N) is 2. The topological polar surface area (TPSA) is 105 Å². The molecule has 0 bridgehead atoms. The van der Waals surface area contributed by atoms with Crippen LogP contribution in [0.15, 0.2) is 54.6 Å². The monoisotopic (exact) mass is 423 g/mol. The summed E-state index contributed by atoms with van der Waals surface area (Å²) >= 11 is 0. The average Bonchev–Trinajstić information content (AvgIpc) is 3.00. The normalized spacial score (nSPS) is 17.9. The van der Waals surface area contributed by atoms with Gasteiger partial charge in [0.05, 0.1) is 17.9 Å². The Bertz CT molecular complexity index is 992. The second-order valence-corrected chi connectivity index (χ2v) is 7.16. The lowest BCUT2D eigenvalue weighted by Crippen LogP contribution is -2.44. The van der Waals surface area contributed by atoms with E-state index >= 15 is 0 Å². The van der Waals surface area contributed by atoms with Gasteiger partial charge in [0.25, 0.3) is 5.91 Å².